The van der Waals surface area contributed by atoms with Crippen LogP contribution in [-0.2, 0) is 23.7 Å². The van der Waals surface area contributed by atoms with Crippen LogP contribution >= 0.6 is 0 Å². The molecule has 0 saturated carbocycles. The molecule has 3 fully saturated rings. The molecule has 16 nitrogen and oxygen atoms in total. The van der Waals surface area contributed by atoms with Crippen molar-refractivity contribution >= 4 is 0 Å². The van der Waals surface area contributed by atoms with Gasteiger partial charge in [-0.05, 0) is 0 Å². The van der Waals surface area contributed by atoms with Gasteiger partial charge < -0.3 is 79.9 Å². The molecule has 34 heavy (non-hydrogen) atoms. The highest BCUT2D eigenvalue weighted by atomic mass is 16.8. The van der Waals surface area contributed by atoms with E-state index in [-0.39, 0.29) is 0 Å². The summed E-state index contributed by atoms with van der Waals surface area (Å²) in [6.45, 7) is -3.39. The maximum Gasteiger partial charge on any atom is 0.224 e. The first-order valence-electron chi connectivity index (χ1n) is 10.6. The zero-order valence-electron chi connectivity index (χ0n) is 17.8. The Bertz CT molecular complexity index is 651. The molecule has 0 aliphatic carbocycles. The van der Waals surface area contributed by atoms with Gasteiger partial charge in [-0.2, -0.15) is 0 Å². The molecule has 11 N–H and O–H groups in total. The second-order valence-corrected chi connectivity index (χ2v) is 8.37. The lowest BCUT2D eigenvalue weighted by atomic mass is 9.97. The normalized spacial score (nSPS) is 52.1. The van der Waals surface area contributed by atoms with Crippen molar-refractivity contribution in [2.45, 2.75) is 85.5 Å². The summed E-state index contributed by atoms with van der Waals surface area (Å²) in [5, 5.41) is 109. The van der Waals surface area contributed by atoms with Crippen molar-refractivity contribution in [3.63, 3.8) is 0 Å². The molecule has 0 radical (unpaired) electrons. The molecule has 0 spiro atoms. The topological polar surface area (TPSA) is 269 Å². The summed E-state index contributed by atoms with van der Waals surface area (Å²) >= 11 is 0. The molecule has 16 heteroatoms. The quantitative estimate of drug-likeness (QED) is 0.146. The third-order valence-electron chi connectivity index (χ3n) is 6.18. The molecule has 200 valence electrons. The molecule has 3 aliphatic heterocycles. The third-order valence-corrected chi connectivity index (χ3v) is 6.18. The lowest BCUT2D eigenvalue weighted by molar-refractivity contribution is -0.398. The van der Waals surface area contributed by atoms with E-state index in [2.05, 4.69) is 0 Å². The van der Waals surface area contributed by atoms with Gasteiger partial charge in [0.25, 0.3) is 0 Å². The lowest BCUT2D eigenvalue weighted by Gasteiger charge is -2.47. The minimum Gasteiger partial charge on any atom is -0.394 e. The summed E-state index contributed by atoms with van der Waals surface area (Å²) in [6.07, 6.45) is -22.0. The molecular formula is C18H32O16. The standard InChI is InChI=1S/C18H32O16/c19-1-5-8(23)10(25)12(27)16(30-5)32-14-7(3-21)31-17(13(28)11(14)26)34-18(4-22)15(29)9(24)6(2-20)33-18/h5-17,19-29H,1-4H2/t5-,6-,7-,8+,9+,10+,11-,12-,13-,14-,15-,16+,17-,18-/m1/s1. The smallest absolute Gasteiger partial charge is 0.224 e. The molecule has 0 bridgehead atoms. The van der Waals surface area contributed by atoms with E-state index in [0.29, 0.717) is 0 Å². The largest absolute Gasteiger partial charge is 0.394 e. The second kappa shape index (κ2) is 11.2. The Morgan fingerprint density at radius 2 is 1.15 bits per heavy atom. The molecule has 0 unspecified atom stereocenters. The van der Waals surface area contributed by atoms with Gasteiger partial charge in [-0.3, -0.25) is 0 Å². The molecule has 0 aromatic carbocycles. The van der Waals surface area contributed by atoms with Gasteiger partial charge in [0.05, 0.1) is 19.8 Å². The second-order valence-electron chi connectivity index (χ2n) is 8.37. The monoisotopic (exact) mass is 504 g/mol. The van der Waals surface area contributed by atoms with Gasteiger partial charge in [-0.15, -0.1) is 0 Å². The highest BCUT2D eigenvalue weighted by molar-refractivity contribution is 4.99. The first kappa shape index (κ1) is 27.9. The van der Waals surface area contributed by atoms with Gasteiger partial charge in [0.15, 0.2) is 12.6 Å². The van der Waals surface area contributed by atoms with E-state index in [4.69, 9.17) is 23.7 Å². The fourth-order valence-electron chi connectivity index (χ4n) is 4.12. The summed E-state index contributed by atoms with van der Waals surface area (Å²) in [5.41, 5.74) is 0. The van der Waals surface area contributed by atoms with Crippen LogP contribution in [0.25, 0.3) is 0 Å². The third kappa shape index (κ3) is 4.96. The van der Waals surface area contributed by atoms with Gasteiger partial charge in [-0.25, -0.2) is 0 Å². The molecule has 14 atom stereocenters. The molecule has 0 aromatic heterocycles. The van der Waals surface area contributed by atoms with Crippen LogP contribution in [0.1, 0.15) is 0 Å². The van der Waals surface area contributed by atoms with Gasteiger partial charge in [0, 0.05) is 0 Å². The average molecular weight is 504 g/mol. The number of rotatable bonds is 8. The van der Waals surface area contributed by atoms with E-state index in [1.165, 1.54) is 0 Å². The van der Waals surface area contributed by atoms with E-state index in [9.17, 15) is 56.2 Å². The minimum absolute atomic E-state index is 0.742. The summed E-state index contributed by atoms with van der Waals surface area (Å²) in [5.74, 6) is -2.36. The molecule has 0 aromatic rings. The molecule has 3 rings (SSSR count). The predicted octanol–water partition coefficient (Wildman–Crippen LogP) is -7.57. The van der Waals surface area contributed by atoms with Crippen LogP contribution in [0.5, 0.6) is 0 Å². The van der Waals surface area contributed by atoms with Crippen LogP contribution < -0.4 is 0 Å². The van der Waals surface area contributed by atoms with Crippen LogP contribution in [0.2, 0.25) is 0 Å². The number of aliphatic hydroxyl groups is 11. The first-order valence-corrected chi connectivity index (χ1v) is 10.6. The Hall–Kier alpha value is -0.640. The van der Waals surface area contributed by atoms with Crippen molar-refractivity contribution in [2.24, 2.45) is 0 Å². The highest BCUT2D eigenvalue weighted by Gasteiger charge is 2.59. The van der Waals surface area contributed by atoms with Crippen molar-refractivity contribution in [2.75, 3.05) is 26.4 Å². The van der Waals surface area contributed by atoms with Gasteiger partial charge in [-0.1, -0.05) is 0 Å². The van der Waals surface area contributed by atoms with E-state index in [0.717, 1.165) is 0 Å². The maximum atomic E-state index is 10.6. The molecule has 3 saturated heterocycles. The number of ether oxygens (including phenoxy) is 5. The fourth-order valence-corrected chi connectivity index (χ4v) is 4.12. The summed E-state index contributed by atoms with van der Waals surface area (Å²) in [4.78, 5) is 0. The van der Waals surface area contributed by atoms with Crippen LogP contribution in [0.4, 0.5) is 0 Å². The van der Waals surface area contributed by atoms with E-state index < -0.39 is 112 Å². The van der Waals surface area contributed by atoms with Crippen molar-refractivity contribution in [3.05, 3.63) is 0 Å². The summed E-state index contributed by atoms with van der Waals surface area (Å²) < 4.78 is 26.6. The Morgan fingerprint density at radius 3 is 1.68 bits per heavy atom. The fraction of sp³-hybridized carbons (Fsp3) is 1.00. The van der Waals surface area contributed by atoms with E-state index in [1.54, 1.807) is 0 Å². The average Bonchev–Trinajstić information content (AvgIpc) is 3.08. The number of hydrogen-bond acceptors (Lipinski definition) is 16. The van der Waals surface area contributed by atoms with Crippen LogP contribution in [0, 0.1) is 0 Å². The van der Waals surface area contributed by atoms with Crippen molar-refractivity contribution in [1.29, 1.82) is 0 Å². The molecule has 3 heterocycles. The van der Waals surface area contributed by atoms with Crippen molar-refractivity contribution in [1.82, 2.24) is 0 Å². The zero-order valence-corrected chi connectivity index (χ0v) is 17.8. The Morgan fingerprint density at radius 1 is 0.588 bits per heavy atom. The van der Waals surface area contributed by atoms with Crippen LogP contribution in [-0.4, -0.2) is 168 Å². The lowest BCUT2D eigenvalue weighted by Crippen LogP contribution is -2.66. The van der Waals surface area contributed by atoms with E-state index >= 15 is 0 Å². The summed E-state index contributed by atoms with van der Waals surface area (Å²) in [7, 11) is 0. The van der Waals surface area contributed by atoms with Crippen LogP contribution in [0.3, 0.4) is 0 Å². The number of hydrogen-bond donors (Lipinski definition) is 11. The van der Waals surface area contributed by atoms with Crippen LogP contribution in [0.15, 0.2) is 0 Å². The van der Waals surface area contributed by atoms with Crippen molar-refractivity contribution < 1.29 is 79.9 Å². The van der Waals surface area contributed by atoms with E-state index in [1.807, 2.05) is 0 Å². The Balaban J connectivity index is 1.74. The molecule has 3 aliphatic rings. The minimum atomic E-state index is -2.36. The van der Waals surface area contributed by atoms with Gasteiger partial charge in [0.2, 0.25) is 5.79 Å². The Kier molecular flexibility index (Phi) is 9.18. The highest BCUT2D eigenvalue weighted by Crippen LogP contribution is 2.37. The van der Waals surface area contributed by atoms with Gasteiger partial charge in [0.1, 0.15) is 73.8 Å². The zero-order chi connectivity index (χ0) is 25.4. The van der Waals surface area contributed by atoms with Crippen molar-refractivity contribution in [3.8, 4) is 0 Å². The maximum absolute atomic E-state index is 10.6. The first-order chi connectivity index (χ1) is 16.0. The number of aliphatic hydroxyl groups excluding tert-OH is 11. The molecular weight excluding hydrogens is 472 g/mol. The SMILES string of the molecule is OC[C@H]1O[C@@H](O[C@H]2[C@H](O)[C@@H](O)[C@@H](O[C@@]3(CO)O[C@H](CO)[C@H](O)[C@H]3O)O[C@@H]2CO)[C@H](O)[C@@H](O)[C@H]1O. The van der Waals surface area contributed by atoms with Gasteiger partial charge >= 0.3 is 0 Å². The molecule has 0 amide bonds. The Labute approximate surface area is 192 Å². The predicted molar refractivity (Wildman–Crippen MR) is 101 cm³/mol. The summed E-state index contributed by atoms with van der Waals surface area (Å²) in [6, 6.07) is 0.